The monoisotopic (exact) mass is 427 g/mol. The van der Waals surface area contributed by atoms with Crippen LogP contribution < -0.4 is 5.32 Å². The van der Waals surface area contributed by atoms with Gasteiger partial charge in [0.15, 0.2) is 0 Å². The first-order chi connectivity index (χ1) is 14.5. The second-order valence-electron chi connectivity index (χ2n) is 7.48. The highest BCUT2D eigenvalue weighted by molar-refractivity contribution is 7.09. The van der Waals surface area contributed by atoms with Crippen LogP contribution in [0.15, 0.2) is 35.7 Å². The fourth-order valence-corrected chi connectivity index (χ4v) is 4.53. The maximum atomic E-state index is 12.7. The van der Waals surface area contributed by atoms with Crippen molar-refractivity contribution in [3.05, 3.63) is 52.0 Å². The molecular formula is C23H29N3O3S. The lowest BCUT2D eigenvalue weighted by molar-refractivity contribution is -0.139. The molecule has 0 aliphatic rings. The van der Waals surface area contributed by atoms with Gasteiger partial charge in [0.05, 0.1) is 11.0 Å². The molecule has 2 N–H and O–H groups in total. The van der Waals surface area contributed by atoms with E-state index in [1.165, 1.54) is 4.88 Å². The predicted molar refractivity (Wildman–Crippen MR) is 120 cm³/mol. The molecule has 6 nitrogen and oxygen atoms in total. The fraction of sp³-hybridized carbons (Fsp3) is 0.435. The van der Waals surface area contributed by atoms with Gasteiger partial charge in [-0.25, -0.2) is 9.78 Å². The van der Waals surface area contributed by atoms with E-state index in [1.54, 1.807) is 23.5 Å². The van der Waals surface area contributed by atoms with Crippen molar-refractivity contribution in [2.24, 2.45) is 0 Å². The minimum Gasteiger partial charge on any atom is -0.480 e. The Morgan fingerprint density at radius 2 is 1.97 bits per heavy atom. The summed E-state index contributed by atoms with van der Waals surface area (Å²) < 4.78 is 2.30. The molecular weight excluding hydrogens is 398 g/mol. The molecule has 0 aliphatic heterocycles. The lowest BCUT2D eigenvalue weighted by Crippen LogP contribution is -2.40. The van der Waals surface area contributed by atoms with Gasteiger partial charge in [0.2, 0.25) is 0 Å². The number of carboxylic acids is 1. The second-order valence-corrected chi connectivity index (χ2v) is 8.51. The number of nitrogens with one attached hydrogen (secondary N) is 1. The molecule has 1 atom stereocenters. The Morgan fingerprint density at radius 3 is 2.57 bits per heavy atom. The second kappa shape index (κ2) is 9.89. The Kier molecular flexibility index (Phi) is 7.26. The summed E-state index contributed by atoms with van der Waals surface area (Å²) in [5.74, 6) is -0.398. The number of thiophene rings is 1. The van der Waals surface area contributed by atoms with Crippen LogP contribution in [-0.4, -0.2) is 32.6 Å². The zero-order valence-electron chi connectivity index (χ0n) is 17.7. The van der Waals surface area contributed by atoms with E-state index in [1.807, 2.05) is 19.1 Å². The van der Waals surface area contributed by atoms with Crippen LogP contribution in [0.1, 0.15) is 73.6 Å². The first kappa shape index (κ1) is 22.0. The number of nitrogens with zero attached hydrogens (tertiary/aromatic N) is 2. The fourth-order valence-electron chi connectivity index (χ4n) is 3.83. The summed E-state index contributed by atoms with van der Waals surface area (Å²) in [5, 5.41) is 14.0. The summed E-state index contributed by atoms with van der Waals surface area (Å²) in [7, 11) is 0. The lowest BCUT2D eigenvalue weighted by atomic mass is 10.1. The molecule has 0 spiro atoms. The number of amides is 1. The smallest absolute Gasteiger partial charge is 0.326 e. The number of carboxylic acid groups (broad SMARTS) is 1. The van der Waals surface area contributed by atoms with Crippen molar-refractivity contribution in [1.82, 2.24) is 14.9 Å². The number of aromatic nitrogens is 2. The van der Waals surface area contributed by atoms with Gasteiger partial charge in [0, 0.05) is 22.9 Å². The quantitative estimate of drug-likeness (QED) is 0.475. The molecule has 3 rings (SSSR count). The van der Waals surface area contributed by atoms with Crippen molar-refractivity contribution in [1.29, 1.82) is 0 Å². The minimum atomic E-state index is -1.01. The zero-order valence-corrected chi connectivity index (χ0v) is 18.5. The molecule has 0 radical (unpaired) electrons. The molecule has 0 saturated heterocycles. The third kappa shape index (κ3) is 4.73. The van der Waals surface area contributed by atoms with E-state index in [4.69, 9.17) is 4.98 Å². The summed E-state index contributed by atoms with van der Waals surface area (Å²) in [6, 6.07) is 9.08. The number of imidazole rings is 1. The van der Waals surface area contributed by atoms with Gasteiger partial charge in [0.25, 0.3) is 5.91 Å². The van der Waals surface area contributed by atoms with E-state index in [9.17, 15) is 14.7 Å². The summed E-state index contributed by atoms with van der Waals surface area (Å²) >= 11 is 1.71. The number of rotatable bonds is 10. The molecule has 7 heteroatoms. The highest BCUT2D eigenvalue weighted by Gasteiger charge is 2.22. The molecule has 0 aliphatic carbocycles. The van der Waals surface area contributed by atoms with E-state index >= 15 is 0 Å². The van der Waals surface area contributed by atoms with E-state index < -0.39 is 12.0 Å². The standard InChI is InChI=1S/C23H29N3O3S/c1-4-8-18(23(28)29)25-22(27)15-10-11-20-19(13-15)24-21(14-17-9-7-12-30-17)26(20)16(5-2)6-3/h7,9-13,16,18H,4-6,8,14H2,1-3H3,(H,25,27)(H,28,29). The normalized spacial score (nSPS) is 12.4. The third-order valence-corrected chi connectivity index (χ3v) is 6.30. The number of hydrogen-bond acceptors (Lipinski definition) is 4. The van der Waals surface area contributed by atoms with Crippen LogP contribution in [0.5, 0.6) is 0 Å². The van der Waals surface area contributed by atoms with Crippen LogP contribution in [0.2, 0.25) is 0 Å². The largest absolute Gasteiger partial charge is 0.480 e. The molecule has 1 unspecified atom stereocenters. The Balaban J connectivity index is 1.97. The maximum absolute atomic E-state index is 12.7. The number of aliphatic carboxylic acids is 1. The summed E-state index contributed by atoms with van der Waals surface area (Å²) in [4.78, 5) is 30.2. The molecule has 1 amide bonds. The summed E-state index contributed by atoms with van der Waals surface area (Å²) in [6.45, 7) is 6.25. The number of carbonyl (C=O) groups is 2. The number of carbonyl (C=O) groups excluding carboxylic acids is 1. The summed E-state index contributed by atoms with van der Waals surface area (Å²) in [6.07, 6.45) is 3.83. The van der Waals surface area contributed by atoms with Gasteiger partial charge in [-0.1, -0.05) is 33.3 Å². The molecule has 3 aromatic rings. The van der Waals surface area contributed by atoms with Crippen LogP contribution >= 0.6 is 11.3 Å². The number of benzene rings is 1. The Labute approximate surface area is 180 Å². The number of hydrogen-bond donors (Lipinski definition) is 2. The van der Waals surface area contributed by atoms with Gasteiger partial charge in [-0.15, -0.1) is 11.3 Å². The van der Waals surface area contributed by atoms with Gasteiger partial charge in [-0.2, -0.15) is 0 Å². The molecule has 0 fully saturated rings. The van der Waals surface area contributed by atoms with Gasteiger partial charge < -0.3 is 15.0 Å². The molecule has 160 valence electrons. The van der Waals surface area contributed by atoms with Gasteiger partial charge in [-0.05, 0) is 48.9 Å². The average Bonchev–Trinajstić information content (AvgIpc) is 3.36. The van der Waals surface area contributed by atoms with Crippen molar-refractivity contribution in [2.45, 2.75) is 65.0 Å². The molecule has 2 aromatic heterocycles. The lowest BCUT2D eigenvalue weighted by Gasteiger charge is -2.19. The minimum absolute atomic E-state index is 0.339. The Morgan fingerprint density at radius 1 is 1.20 bits per heavy atom. The molecule has 30 heavy (non-hydrogen) atoms. The van der Waals surface area contributed by atoms with E-state index in [2.05, 4.69) is 35.2 Å². The van der Waals surface area contributed by atoms with Crippen molar-refractivity contribution in [2.75, 3.05) is 0 Å². The van der Waals surface area contributed by atoms with E-state index in [0.717, 1.165) is 36.1 Å². The Bertz CT molecular complexity index is 1010. The zero-order chi connectivity index (χ0) is 21.7. The highest BCUT2D eigenvalue weighted by atomic mass is 32.1. The van der Waals surface area contributed by atoms with Crippen LogP contribution in [0, 0.1) is 0 Å². The van der Waals surface area contributed by atoms with Crippen molar-refractivity contribution < 1.29 is 14.7 Å². The van der Waals surface area contributed by atoms with Gasteiger partial charge >= 0.3 is 5.97 Å². The van der Waals surface area contributed by atoms with Crippen molar-refractivity contribution in [3.8, 4) is 0 Å². The maximum Gasteiger partial charge on any atom is 0.326 e. The first-order valence-electron chi connectivity index (χ1n) is 10.5. The van der Waals surface area contributed by atoms with Crippen molar-refractivity contribution >= 4 is 34.2 Å². The van der Waals surface area contributed by atoms with E-state index in [-0.39, 0.29) is 5.91 Å². The highest BCUT2D eigenvalue weighted by Crippen LogP contribution is 2.28. The molecule has 1 aromatic carbocycles. The average molecular weight is 428 g/mol. The van der Waals surface area contributed by atoms with Crippen molar-refractivity contribution in [3.63, 3.8) is 0 Å². The number of fused-ring (bicyclic) bond motifs is 1. The predicted octanol–water partition coefficient (Wildman–Crippen LogP) is 5.03. The van der Waals surface area contributed by atoms with E-state index in [0.29, 0.717) is 24.4 Å². The van der Waals surface area contributed by atoms with Crippen LogP contribution in [0.25, 0.3) is 11.0 Å². The van der Waals surface area contributed by atoms with Crippen LogP contribution in [-0.2, 0) is 11.2 Å². The molecule has 0 bridgehead atoms. The topological polar surface area (TPSA) is 84.2 Å². The first-order valence-corrected chi connectivity index (χ1v) is 11.4. The van der Waals surface area contributed by atoms with Crippen LogP contribution in [0.4, 0.5) is 0 Å². The molecule has 2 heterocycles. The summed E-state index contributed by atoms with van der Waals surface area (Å²) in [5.41, 5.74) is 2.21. The SMILES string of the molecule is CCCC(NC(=O)c1ccc2c(c1)nc(Cc1cccs1)n2C(CC)CC)C(=O)O. The van der Waals surface area contributed by atoms with Gasteiger partial charge in [0.1, 0.15) is 11.9 Å². The third-order valence-electron chi connectivity index (χ3n) is 5.43. The molecule has 0 saturated carbocycles. The van der Waals surface area contributed by atoms with Crippen LogP contribution in [0.3, 0.4) is 0 Å². The van der Waals surface area contributed by atoms with Gasteiger partial charge in [-0.3, -0.25) is 4.79 Å². The Hall–Kier alpha value is -2.67.